The van der Waals surface area contributed by atoms with Gasteiger partial charge in [-0.25, -0.2) is 4.79 Å². The Morgan fingerprint density at radius 3 is 2.62 bits per heavy atom. The second-order valence-corrected chi connectivity index (χ2v) is 5.43. The maximum Gasteiger partial charge on any atom is 0.340 e. The molecule has 3 nitrogen and oxygen atoms in total. The average molecular weight is 324 g/mol. The SMILES string of the molecule is CCCOC(=O)c1cc(Cl)cc(-c2cccc(Cl)c2)c1N. The zero-order valence-corrected chi connectivity index (χ0v) is 13.0. The summed E-state index contributed by atoms with van der Waals surface area (Å²) in [5, 5.41) is 1.00. The summed E-state index contributed by atoms with van der Waals surface area (Å²) < 4.78 is 5.12. The van der Waals surface area contributed by atoms with Crippen LogP contribution in [0.4, 0.5) is 5.69 Å². The summed E-state index contributed by atoms with van der Waals surface area (Å²) >= 11 is 12.1. The van der Waals surface area contributed by atoms with Gasteiger partial charge in [-0.3, -0.25) is 0 Å². The molecule has 2 N–H and O–H groups in total. The van der Waals surface area contributed by atoms with Gasteiger partial charge in [0, 0.05) is 15.6 Å². The predicted molar refractivity (Wildman–Crippen MR) is 86.9 cm³/mol. The second kappa shape index (κ2) is 6.83. The van der Waals surface area contributed by atoms with Gasteiger partial charge in [-0.2, -0.15) is 0 Å². The molecule has 0 bridgehead atoms. The van der Waals surface area contributed by atoms with Crippen LogP contribution >= 0.6 is 23.2 Å². The monoisotopic (exact) mass is 323 g/mol. The maximum atomic E-state index is 12.0. The fourth-order valence-electron chi connectivity index (χ4n) is 1.95. The van der Waals surface area contributed by atoms with E-state index < -0.39 is 5.97 Å². The summed E-state index contributed by atoms with van der Waals surface area (Å²) in [7, 11) is 0. The smallest absolute Gasteiger partial charge is 0.340 e. The quantitative estimate of drug-likeness (QED) is 0.648. The maximum absolute atomic E-state index is 12.0. The summed E-state index contributed by atoms with van der Waals surface area (Å²) in [6, 6.07) is 10.4. The molecule has 0 atom stereocenters. The van der Waals surface area contributed by atoms with E-state index in [1.54, 1.807) is 18.2 Å². The molecule has 2 rings (SSSR count). The Hall–Kier alpha value is -1.71. The predicted octanol–water partition coefficient (Wildman–Crippen LogP) is 4.81. The van der Waals surface area contributed by atoms with Crippen molar-refractivity contribution >= 4 is 34.9 Å². The minimum Gasteiger partial charge on any atom is -0.462 e. The number of anilines is 1. The highest BCUT2D eigenvalue weighted by molar-refractivity contribution is 6.32. The van der Waals surface area contributed by atoms with Gasteiger partial charge in [0.2, 0.25) is 0 Å². The number of esters is 1. The highest BCUT2D eigenvalue weighted by atomic mass is 35.5. The third-order valence-electron chi connectivity index (χ3n) is 2.94. The standard InChI is InChI=1S/C16H15Cl2NO2/c1-2-6-21-16(20)14-9-12(18)8-13(15(14)19)10-4-3-5-11(17)7-10/h3-5,7-9H,2,6,19H2,1H3. The van der Waals surface area contributed by atoms with Crippen molar-refractivity contribution in [2.24, 2.45) is 0 Å². The lowest BCUT2D eigenvalue weighted by atomic mass is 10.0. The topological polar surface area (TPSA) is 52.3 Å². The number of nitrogens with two attached hydrogens (primary N) is 1. The first-order valence-corrected chi connectivity index (χ1v) is 7.30. The molecule has 2 aromatic carbocycles. The van der Waals surface area contributed by atoms with E-state index in [0.29, 0.717) is 27.9 Å². The van der Waals surface area contributed by atoms with Gasteiger partial charge >= 0.3 is 5.97 Å². The summed E-state index contributed by atoms with van der Waals surface area (Å²) in [6.45, 7) is 2.27. The van der Waals surface area contributed by atoms with E-state index in [4.69, 9.17) is 33.7 Å². The summed E-state index contributed by atoms with van der Waals surface area (Å²) in [5.41, 5.74) is 8.17. The summed E-state index contributed by atoms with van der Waals surface area (Å²) in [6.07, 6.45) is 0.743. The van der Waals surface area contributed by atoms with E-state index in [0.717, 1.165) is 12.0 Å². The number of rotatable bonds is 4. The highest BCUT2D eigenvalue weighted by Crippen LogP contribution is 2.33. The molecule has 0 aromatic heterocycles. The minimum absolute atomic E-state index is 0.269. The first-order valence-electron chi connectivity index (χ1n) is 6.55. The molecule has 0 amide bonds. The Bertz CT molecular complexity index is 671. The van der Waals surface area contributed by atoms with Crippen molar-refractivity contribution < 1.29 is 9.53 Å². The van der Waals surface area contributed by atoms with Crippen molar-refractivity contribution in [3.8, 4) is 11.1 Å². The molecule has 0 aliphatic rings. The van der Waals surface area contributed by atoms with Crippen molar-refractivity contribution in [1.29, 1.82) is 0 Å². The molecular formula is C16H15Cl2NO2. The number of halogens is 2. The van der Waals surface area contributed by atoms with Crippen LogP contribution in [0, 0.1) is 0 Å². The van der Waals surface area contributed by atoms with Crippen LogP contribution in [0.3, 0.4) is 0 Å². The van der Waals surface area contributed by atoms with E-state index in [1.807, 2.05) is 19.1 Å². The molecule has 110 valence electrons. The van der Waals surface area contributed by atoms with Crippen LogP contribution in [-0.4, -0.2) is 12.6 Å². The van der Waals surface area contributed by atoms with E-state index in [-0.39, 0.29) is 5.56 Å². The average Bonchev–Trinajstić information content (AvgIpc) is 2.46. The number of hydrogen-bond acceptors (Lipinski definition) is 3. The molecule has 21 heavy (non-hydrogen) atoms. The molecule has 0 heterocycles. The van der Waals surface area contributed by atoms with Gasteiger partial charge < -0.3 is 10.5 Å². The highest BCUT2D eigenvalue weighted by Gasteiger charge is 2.16. The van der Waals surface area contributed by atoms with Gasteiger partial charge in [0.05, 0.1) is 17.9 Å². The lowest BCUT2D eigenvalue weighted by Crippen LogP contribution is -2.09. The lowest BCUT2D eigenvalue weighted by Gasteiger charge is -2.12. The van der Waals surface area contributed by atoms with Crippen LogP contribution in [0.15, 0.2) is 36.4 Å². The van der Waals surface area contributed by atoms with Crippen LogP contribution in [0.2, 0.25) is 10.0 Å². The minimum atomic E-state index is -0.472. The van der Waals surface area contributed by atoms with E-state index >= 15 is 0 Å². The fourth-order valence-corrected chi connectivity index (χ4v) is 2.36. The lowest BCUT2D eigenvalue weighted by molar-refractivity contribution is 0.0506. The molecule has 0 saturated heterocycles. The second-order valence-electron chi connectivity index (χ2n) is 4.56. The van der Waals surface area contributed by atoms with Gasteiger partial charge in [0.25, 0.3) is 0 Å². The summed E-state index contributed by atoms with van der Waals surface area (Å²) in [4.78, 5) is 12.0. The third-order valence-corrected chi connectivity index (χ3v) is 3.39. The Morgan fingerprint density at radius 1 is 1.19 bits per heavy atom. The Labute approximate surface area is 133 Å². The summed E-state index contributed by atoms with van der Waals surface area (Å²) in [5.74, 6) is -0.472. The molecule has 0 fully saturated rings. The van der Waals surface area contributed by atoms with Crippen molar-refractivity contribution in [1.82, 2.24) is 0 Å². The number of benzene rings is 2. The van der Waals surface area contributed by atoms with Crippen molar-refractivity contribution in [3.63, 3.8) is 0 Å². The Balaban J connectivity index is 2.48. The van der Waals surface area contributed by atoms with E-state index in [9.17, 15) is 4.79 Å². The number of nitrogen functional groups attached to an aromatic ring is 1. The molecule has 0 aliphatic carbocycles. The van der Waals surface area contributed by atoms with Crippen LogP contribution < -0.4 is 5.73 Å². The Morgan fingerprint density at radius 2 is 1.95 bits per heavy atom. The first kappa shape index (κ1) is 15.7. The third kappa shape index (κ3) is 3.69. The van der Waals surface area contributed by atoms with Gasteiger partial charge in [-0.1, -0.05) is 42.3 Å². The number of carbonyl (C=O) groups excluding carboxylic acids is 1. The van der Waals surface area contributed by atoms with Gasteiger partial charge in [-0.15, -0.1) is 0 Å². The molecular weight excluding hydrogens is 309 g/mol. The molecule has 0 unspecified atom stereocenters. The van der Waals surface area contributed by atoms with Crippen LogP contribution in [0.25, 0.3) is 11.1 Å². The van der Waals surface area contributed by atoms with Gasteiger partial charge in [0.1, 0.15) is 0 Å². The fraction of sp³-hybridized carbons (Fsp3) is 0.188. The molecule has 5 heteroatoms. The molecule has 0 spiro atoms. The van der Waals surface area contributed by atoms with Crippen molar-refractivity contribution in [2.45, 2.75) is 13.3 Å². The van der Waals surface area contributed by atoms with E-state index in [1.165, 1.54) is 6.07 Å². The zero-order chi connectivity index (χ0) is 15.4. The molecule has 0 radical (unpaired) electrons. The van der Waals surface area contributed by atoms with Crippen LogP contribution in [0.1, 0.15) is 23.7 Å². The largest absolute Gasteiger partial charge is 0.462 e. The van der Waals surface area contributed by atoms with Crippen molar-refractivity contribution in [2.75, 3.05) is 12.3 Å². The number of ether oxygens (including phenoxy) is 1. The van der Waals surface area contributed by atoms with Gasteiger partial charge in [-0.05, 0) is 36.2 Å². The number of hydrogen-bond donors (Lipinski definition) is 1. The van der Waals surface area contributed by atoms with Crippen molar-refractivity contribution in [3.05, 3.63) is 52.0 Å². The first-order chi connectivity index (χ1) is 10.0. The van der Waals surface area contributed by atoms with Crippen LogP contribution in [-0.2, 0) is 4.74 Å². The zero-order valence-electron chi connectivity index (χ0n) is 11.5. The Kier molecular flexibility index (Phi) is 5.10. The van der Waals surface area contributed by atoms with E-state index in [2.05, 4.69) is 0 Å². The van der Waals surface area contributed by atoms with Crippen LogP contribution in [0.5, 0.6) is 0 Å². The molecule has 0 saturated carbocycles. The molecule has 2 aromatic rings. The molecule has 0 aliphatic heterocycles. The van der Waals surface area contributed by atoms with Gasteiger partial charge in [0.15, 0.2) is 0 Å². The number of carbonyl (C=O) groups is 1. The normalized spacial score (nSPS) is 10.4.